The quantitative estimate of drug-likeness (QED) is 0.579. The third-order valence-electron chi connectivity index (χ3n) is 5.59. The number of alkyl halides is 1. The number of benzene rings is 3. The lowest BCUT2D eigenvalue weighted by Crippen LogP contribution is -2.49. The van der Waals surface area contributed by atoms with Gasteiger partial charge in [-0.05, 0) is 43.0 Å². The summed E-state index contributed by atoms with van der Waals surface area (Å²) in [5.74, 6) is -0.258. The lowest BCUT2D eigenvalue weighted by atomic mass is 9.76. The number of halogens is 1. The first-order chi connectivity index (χ1) is 14.3. The van der Waals surface area contributed by atoms with E-state index < -0.39 is 20.9 Å². The summed E-state index contributed by atoms with van der Waals surface area (Å²) in [4.78, 5) is 12.2. The van der Waals surface area contributed by atoms with E-state index in [-0.39, 0.29) is 10.7 Å². The maximum absolute atomic E-state index is 13.5. The van der Waals surface area contributed by atoms with Crippen molar-refractivity contribution in [2.75, 3.05) is 0 Å². The minimum Gasteiger partial charge on any atom is -0.292 e. The van der Waals surface area contributed by atoms with Gasteiger partial charge in [0.1, 0.15) is 4.87 Å². The molecule has 0 heterocycles. The minimum atomic E-state index is -3.90. The summed E-state index contributed by atoms with van der Waals surface area (Å²) in [7, 11) is -3.90. The number of hydrogen-bond acceptors (Lipinski definition) is 3. The Hall–Kier alpha value is -2.47. The molecule has 4 nitrogen and oxygen atoms in total. The summed E-state index contributed by atoms with van der Waals surface area (Å²) in [6.45, 7) is 1.89. The number of sulfonamides is 1. The van der Waals surface area contributed by atoms with Crippen molar-refractivity contribution in [3.63, 3.8) is 0 Å². The molecule has 4 rings (SSSR count). The van der Waals surface area contributed by atoms with Crippen molar-refractivity contribution in [1.29, 1.82) is 0 Å². The monoisotopic (exact) mass is 439 g/mol. The van der Waals surface area contributed by atoms with E-state index in [1.54, 1.807) is 48.5 Å². The van der Waals surface area contributed by atoms with Gasteiger partial charge in [0.25, 0.3) is 0 Å². The fraction of sp³-hybridized carbons (Fsp3) is 0.208. The number of aryl methyl sites for hydroxylation is 2. The average molecular weight is 440 g/mol. The van der Waals surface area contributed by atoms with Gasteiger partial charge in [0.05, 0.1) is 10.9 Å². The third-order valence-corrected chi connectivity index (χ3v) is 7.61. The zero-order chi connectivity index (χ0) is 21.4. The minimum absolute atomic E-state index is 0.137. The summed E-state index contributed by atoms with van der Waals surface area (Å²) in [6, 6.07) is 22.1. The molecule has 0 aromatic heterocycles. The zero-order valence-corrected chi connectivity index (χ0v) is 18.1. The standard InChI is InChI=1S/C24H22ClNO3S/c1-17-11-13-20(14-12-17)30(28,29)26-22(19-8-3-2-4-9-19)24(25)16-15-18-7-5-6-10-21(18)23(24)27/h2-14,22,26H,15-16H2,1H3/t22-,24-/m0/s1. The normalized spacial score (nSPS) is 19.9. The highest BCUT2D eigenvalue weighted by Crippen LogP contribution is 2.43. The molecule has 6 heteroatoms. The van der Waals surface area contributed by atoms with Gasteiger partial charge >= 0.3 is 0 Å². The topological polar surface area (TPSA) is 63.2 Å². The second kappa shape index (κ2) is 7.99. The molecule has 2 atom stereocenters. The van der Waals surface area contributed by atoms with Gasteiger partial charge in [-0.15, -0.1) is 11.6 Å². The largest absolute Gasteiger partial charge is 0.292 e. The molecule has 1 aliphatic rings. The maximum atomic E-state index is 13.5. The summed E-state index contributed by atoms with van der Waals surface area (Å²) in [6.07, 6.45) is 0.932. The highest BCUT2D eigenvalue weighted by atomic mass is 35.5. The fourth-order valence-electron chi connectivity index (χ4n) is 3.90. The Bertz CT molecular complexity index is 1180. The fourth-order valence-corrected chi connectivity index (χ4v) is 5.62. The van der Waals surface area contributed by atoms with Crippen LogP contribution in [-0.2, 0) is 16.4 Å². The van der Waals surface area contributed by atoms with Crippen molar-refractivity contribution in [3.05, 3.63) is 101 Å². The Morgan fingerprint density at radius 1 is 0.933 bits per heavy atom. The van der Waals surface area contributed by atoms with E-state index in [9.17, 15) is 13.2 Å². The molecule has 0 spiro atoms. The van der Waals surface area contributed by atoms with Gasteiger partial charge in [0.15, 0.2) is 5.78 Å². The van der Waals surface area contributed by atoms with Crippen molar-refractivity contribution in [1.82, 2.24) is 4.72 Å². The molecule has 3 aromatic carbocycles. The van der Waals surface area contributed by atoms with Gasteiger partial charge < -0.3 is 0 Å². The Labute approximate surface area is 182 Å². The Balaban J connectivity index is 1.78. The van der Waals surface area contributed by atoms with Crippen LogP contribution in [0.1, 0.15) is 39.5 Å². The average Bonchev–Trinajstić information content (AvgIpc) is 2.76. The van der Waals surface area contributed by atoms with E-state index >= 15 is 0 Å². The molecular weight excluding hydrogens is 418 g/mol. The van der Waals surface area contributed by atoms with Crippen LogP contribution in [0.4, 0.5) is 0 Å². The molecule has 0 bridgehead atoms. The first-order valence-electron chi connectivity index (χ1n) is 9.77. The van der Waals surface area contributed by atoms with E-state index in [0.717, 1.165) is 11.1 Å². The lowest BCUT2D eigenvalue weighted by Gasteiger charge is -2.38. The predicted molar refractivity (Wildman–Crippen MR) is 118 cm³/mol. The zero-order valence-electron chi connectivity index (χ0n) is 16.5. The van der Waals surface area contributed by atoms with E-state index in [1.807, 2.05) is 37.3 Å². The van der Waals surface area contributed by atoms with Crippen molar-refractivity contribution in [3.8, 4) is 0 Å². The molecule has 3 aromatic rings. The first kappa shape index (κ1) is 20.8. The summed E-state index contributed by atoms with van der Waals surface area (Å²) in [5.41, 5.74) is 3.10. The molecule has 154 valence electrons. The molecule has 0 radical (unpaired) electrons. The van der Waals surface area contributed by atoms with Gasteiger partial charge in [-0.1, -0.05) is 72.3 Å². The Kier molecular flexibility index (Phi) is 5.53. The number of rotatable bonds is 5. The van der Waals surface area contributed by atoms with Crippen LogP contribution in [0.5, 0.6) is 0 Å². The molecule has 1 N–H and O–H groups in total. The SMILES string of the molecule is Cc1ccc(S(=O)(=O)N[C@@H](c2ccccc2)[C@@]2(Cl)CCc3ccccc3C2=O)cc1. The summed E-state index contributed by atoms with van der Waals surface area (Å²) >= 11 is 7.00. The van der Waals surface area contributed by atoms with Crippen LogP contribution in [0.15, 0.2) is 83.8 Å². The second-order valence-corrected chi connectivity index (χ2v) is 10.0. The number of hydrogen-bond donors (Lipinski definition) is 1. The number of fused-ring (bicyclic) bond motifs is 1. The molecule has 0 unspecified atom stereocenters. The summed E-state index contributed by atoms with van der Waals surface area (Å²) in [5, 5.41) is 0. The maximum Gasteiger partial charge on any atom is 0.241 e. The van der Waals surface area contributed by atoms with Crippen LogP contribution in [0, 0.1) is 6.92 Å². The molecule has 1 aliphatic carbocycles. The van der Waals surface area contributed by atoms with Crippen molar-refractivity contribution >= 4 is 27.4 Å². The second-order valence-electron chi connectivity index (χ2n) is 7.63. The molecule has 0 amide bonds. The van der Waals surface area contributed by atoms with Gasteiger partial charge in [0.2, 0.25) is 10.0 Å². The van der Waals surface area contributed by atoms with E-state index in [1.165, 1.54) is 0 Å². The van der Waals surface area contributed by atoms with Crippen LogP contribution in [0.3, 0.4) is 0 Å². The van der Waals surface area contributed by atoms with Crippen LogP contribution in [-0.4, -0.2) is 19.1 Å². The highest BCUT2D eigenvalue weighted by Gasteiger charge is 2.49. The predicted octanol–water partition coefficient (Wildman–Crippen LogP) is 4.82. The number of carbonyl (C=O) groups is 1. The number of nitrogens with one attached hydrogen (secondary N) is 1. The highest BCUT2D eigenvalue weighted by molar-refractivity contribution is 7.89. The van der Waals surface area contributed by atoms with Gasteiger partial charge in [-0.25, -0.2) is 13.1 Å². The molecule has 30 heavy (non-hydrogen) atoms. The number of carbonyl (C=O) groups excluding carboxylic acids is 1. The van der Waals surface area contributed by atoms with Gasteiger partial charge in [-0.2, -0.15) is 0 Å². The molecule has 0 saturated carbocycles. The van der Waals surface area contributed by atoms with Crippen LogP contribution < -0.4 is 4.72 Å². The smallest absolute Gasteiger partial charge is 0.241 e. The Morgan fingerprint density at radius 2 is 1.57 bits per heavy atom. The van der Waals surface area contributed by atoms with Gasteiger partial charge in [0, 0.05) is 5.56 Å². The number of Topliss-reactive ketones (excluding diaryl/α,β-unsaturated/α-hetero) is 1. The van der Waals surface area contributed by atoms with Crippen LogP contribution in [0.25, 0.3) is 0 Å². The van der Waals surface area contributed by atoms with Crippen molar-refractivity contribution < 1.29 is 13.2 Å². The lowest BCUT2D eigenvalue weighted by molar-refractivity contribution is 0.0901. The Morgan fingerprint density at radius 3 is 2.27 bits per heavy atom. The van der Waals surface area contributed by atoms with Crippen LogP contribution in [0.2, 0.25) is 0 Å². The molecular formula is C24H22ClNO3S. The van der Waals surface area contributed by atoms with E-state index in [0.29, 0.717) is 24.0 Å². The first-order valence-corrected chi connectivity index (χ1v) is 11.6. The summed E-state index contributed by atoms with van der Waals surface area (Å²) < 4.78 is 29.1. The van der Waals surface area contributed by atoms with Gasteiger partial charge in [-0.3, -0.25) is 4.79 Å². The van der Waals surface area contributed by atoms with E-state index in [4.69, 9.17) is 11.6 Å². The molecule has 0 saturated heterocycles. The van der Waals surface area contributed by atoms with E-state index in [2.05, 4.69) is 4.72 Å². The third kappa shape index (κ3) is 3.81. The number of ketones is 1. The van der Waals surface area contributed by atoms with Crippen LogP contribution >= 0.6 is 11.6 Å². The molecule has 0 fully saturated rings. The van der Waals surface area contributed by atoms with Crippen molar-refractivity contribution in [2.24, 2.45) is 0 Å². The molecule has 0 aliphatic heterocycles. The van der Waals surface area contributed by atoms with Crippen molar-refractivity contribution in [2.45, 2.75) is 35.6 Å².